The molecule has 0 radical (unpaired) electrons. The Hall–Kier alpha value is -2.51. The second-order valence-corrected chi connectivity index (χ2v) is 10.5. The molecule has 0 aliphatic rings. The van der Waals surface area contributed by atoms with Gasteiger partial charge in [-0.25, -0.2) is 0 Å². The summed E-state index contributed by atoms with van der Waals surface area (Å²) in [6.07, 6.45) is 2.46. The monoisotopic (exact) mass is 558 g/mol. The molecule has 1 aromatic heterocycles. The van der Waals surface area contributed by atoms with E-state index in [1.165, 1.54) is 0 Å². The van der Waals surface area contributed by atoms with E-state index in [9.17, 15) is 4.79 Å². The number of benzene rings is 3. The van der Waals surface area contributed by atoms with E-state index in [-0.39, 0.29) is 5.91 Å². The van der Waals surface area contributed by atoms with Crippen LogP contribution in [0.2, 0.25) is 15.1 Å². The summed E-state index contributed by atoms with van der Waals surface area (Å²) in [5, 5.41) is 14.5. The highest BCUT2D eigenvalue weighted by atomic mass is 35.5. The SMILES string of the molecule is O=C(CCCSc1nnc(Cc2ccccc2)n1-c1cccc(Cl)c1)NCCc1ccc(Cl)cc1Cl. The predicted octanol–water partition coefficient (Wildman–Crippen LogP) is 7.05. The highest BCUT2D eigenvalue weighted by molar-refractivity contribution is 7.99. The lowest BCUT2D eigenvalue weighted by molar-refractivity contribution is -0.121. The van der Waals surface area contributed by atoms with Gasteiger partial charge in [-0.15, -0.1) is 10.2 Å². The van der Waals surface area contributed by atoms with Crippen molar-refractivity contribution in [1.29, 1.82) is 0 Å². The van der Waals surface area contributed by atoms with Crippen molar-refractivity contribution in [2.24, 2.45) is 0 Å². The number of hydrogen-bond donors (Lipinski definition) is 1. The second-order valence-electron chi connectivity index (χ2n) is 8.16. The lowest BCUT2D eigenvalue weighted by Crippen LogP contribution is -2.25. The van der Waals surface area contributed by atoms with Crippen LogP contribution in [0.1, 0.15) is 29.8 Å². The molecule has 5 nitrogen and oxygen atoms in total. The lowest BCUT2D eigenvalue weighted by Gasteiger charge is -2.11. The summed E-state index contributed by atoms with van der Waals surface area (Å²) in [6, 6.07) is 23.2. The van der Waals surface area contributed by atoms with Crippen LogP contribution in [-0.2, 0) is 17.6 Å². The first-order chi connectivity index (χ1) is 17.5. The Bertz CT molecular complexity index is 1310. The van der Waals surface area contributed by atoms with Crippen LogP contribution >= 0.6 is 46.6 Å². The Balaban J connectivity index is 1.32. The topological polar surface area (TPSA) is 59.8 Å². The first kappa shape index (κ1) is 26.6. The first-order valence-electron chi connectivity index (χ1n) is 11.6. The maximum atomic E-state index is 12.3. The number of nitrogens with one attached hydrogen (secondary N) is 1. The molecule has 9 heteroatoms. The summed E-state index contributed by atoms with van der Waals surface area (Å²) in [4.78, 5) is 12.3. The van der Waals surface area contributed by atoms with Crippen LogP contribution in [0.3, 0.4) is 0 Å². The van der Waals surface area contributed by atoms with Gasteiger partial charge in [0, 0.05) is 40.2 Å². The number of hydrogen-bond acceptors (Lipinski definition) is 4. The van der Waals surface area contributed by atoms with Crippen LogP contribution in [0.15, 0.2) is 78.0 Å². The van der Waals surface area contributed by atoms with Crippen LogP contribution in [0.5, 0.6) is 0 Å². The molecule has 1 N–H and O–H groups in total. The van der Waals surface area contributed by atoms with E-state index in [1.807, 2.05) is 53.1 Å². The third-order valence-electron chi connectivity index (χ3n) is 5.48. The van der Waals surface area contributed by atoms with E-state index in [1.54, 1.807) is 23.9 Å². The van der Waals surface area contributed by atoms with Crippen molar-refractivity contribution in [2.75, 3.05) is 12.3 Å². The van der Waals surface area contributed by atoms with Crippen LogP contribution in [0.25, 0.3) is 5.69 Å². The molecular weight excluding hydrogens is 535 g/mol. The van der Waals surface area contributed by atoms with Crippen molar-refractivity contribution in [1.82, 2.24) is 20.1 Å². The van der Waals surface area contributed by atoms with Crippen molar-refractivity contribution < 1.29 is 4.79 Å². The van der Waals surface area contributed by atoms with Crippen LogP contribution in [0, 0.1) is 0 Å². The molecule has 4 rings (SSSR count). The maximum Gasteiger partial charge on any atom is 0.220 e. The van der Waals surface area contributed by atoms with Crippen molar-refractivity contribution in [3.05, 3.63) is 105 Å². The average Bonchev–Trinajstić information content (AvgIpc) is 3.26. The average molecular weight is 560 g/mol. The largest absolute Gasteiger partial charge is 0.356 e. The quantitative estimate of drug-likeness (QED) is 0.158. The summed E-state index contributed by atoms with van der Waals surface area (Å²) >= 11 is 20.0. The number of halogens is 3. The highest BCUT2D eigenvalue weighted by Crippen LogP contribution is 2.26. The molecule has 0 spiro atoms. The van der Waals surface area contributed by atoms with Gasteiger partial charge in [0.05, 0.1) is 5.69 Å². The molecule has 0 saturated carbocycles. The molecule has 3 aromatic carbocycles. The second kappa shape index (κ2) is 13.2. The van der Waals surface area contributed by atoms with Gasteiger partial charge in [-0.2, -0.15) is 0 Å². The van der Waals surface area contributed by atoms with E-state index < -0.39 is 0 Å². The van der Waals surface area contributed by atoms with Gasteiger partial charge in [0.1, 0.15) is 5.82 Å². The van der Waals surface area contributed by atoms with Crippen molar-refractivity contribution in [3.63, 3.8) is 0 Å². The summed E-state index contributed by atoms with van der Waals surface area (Å²) in [7, 11) is 0. The first-order valence-corrected chi connectivity index (χ1v) is 13.7. The van der Waals surface area contributed by atoms with Gasteiger partial charge in [0.2, 0.25) is 5.91 Å². The third kappa shape index (κ3) is 7.50. The van der Waals surface area contributed by atoms with Crippen molar-refractivity contribution in [2.45, 2.75) is 30.8 Å². The molecule has 186 valence electrons. The number of aromatic nitrogens is 3. The normalized spacial score (nSPS) is 11.0. The number of thioether (sulfide) groups is 1. The Morgan fingerprint density at radius 2 is 1.72 bits per heavy atom. The standard InChI is InChI=1S/C27H25Cl3N4OS/c28-21-8-4-9-23(17-21)34-25(16-19-6-2-1-3-7-19)32-33-27(34)36-15-5-10-26(35)31-14-13-20-11-12-22(29)18-24(20)30/h1-4,6-9,11-12,17-18H,5,10,13-16H2,(H,31,35). The predicted molar refractivity (Wildman–Crippen MR) is 149 cm³/mol. The van der Waals surface area contributed by atoms with E-state index in [0.717, 1.165) is 33.5 Å². The summed E-state index contributed by atoms with van der Waals surface area (Å²) < 4.78 is 2.04. The number of carbonyl (C=O) groups is 1. The molecule has 0 aliphatic heterocycles. The Kier molecular flexibility index (Phi) is 9.70. The molecule has 4 aromatic rings. The summed E-state index contributed by atoms with van der Waals surface area (Å²) in [5.41, 5.74) is 3.03. The molecule has 1 amide bonds. The zero-order chi connectivity index (χ0) is 25.3. The summed E-state index contributed by atoms with van der Waals surface area (Å²) in [5.74, 6) is 1.59. The maximum absolute atomic E-state index is 12.3. The molecule has 0 atom stereocenters. The minimum absolute atomic E-state index is 0.0155. The number of amides is 1. The fraction of sp³-hybridized carbons (Fsp3) is 0.222. The van der Waals surface area contributed by atoms with Gasteiger partial charge < -0.3 is 5.32 Å². The number of nitrogens with zero attached hydrogens (tertiary/aromatic N) is 3. The molecule has 0 unspecified atom stereocenters. The van der Waals surface area contributed by atoms with Crippen molar-refractivity contribution in [3.8, 4) is 5.69 Å². The Labute approximate surface area is 230 Å². The lowest BCUT2D eigenvalue weighted by atomic mass is 10.1. The van der Waals surface area contributed by atoms with Gasteiger partial charge in [0.25, 0.3) is 0 Å². The van der Waals surface area contributed by atoms with Gasteiger partial charge in [-0.3, -0.25) is 9.36 Å². The fourth-order valence-electron chi connectivity index (χ4n) is 3.71. The zero-order valence-electron chi connectivity index (χ0n) is 19.5. The molecule has 0 bridgehead atoms. The summed E-state index contributed by atoms with van der Waals surface area (Å²) in [6.45, 7) is 0.527. The molecule has 36 heavy (non-hydrogen) atoms. The zero-order valence-corrected chi connectivity index (χ0v) is 22.5. The highest BCUT2D eigenvalue weighted by Gasteiger charge is 2.15. The smallest absolute Gasteiger partial charge is 0.220 e. The van der Waals surface area contributed by atoms with Gasteiger partial charge in [0.15, 0.2) is 5.16 Å². The molecular formula is C27H25Cl3N4OS. The molecule has 0 aliphatic carbocycles. The molecule has 1 heterocycles. The minimum atomic E-state index is 0.0155. The number of carbonyl (C=O) groups excluding carboxylic acids is 1. The molecule has 0 saturated heterocycles. The van der Waals surface area contributed by atoms with Crippen LogP contribution < -0.4 is 5.32 Å². The third-order valence-corrected chi connectivity index (χ3v) is 7.32. The van der Waals surface area contributed by atoms with Crippen LogP contribution in [0.4, 0.5) is 0 Å². The fourth-order valence-corrected chi connectivity index (χ4v) is 5.30. The minimum Gasteiger partial charge on any atom is -0.356 e. The molecule has 0 fully saturated rings. The van der Waals surface area contributed by atoms with E-state index in [0.29, 0.717) is 47.3 Å². The van der Waals surface area contributed by atoms with E-state index in [4.69, 9.17) is 34.8 Å². The van der Waals surface area contributed by atoms with E-state index >= 15 is 0 Å². The van der Waals surface area contributed by atoms with Gasteiger partial charge >= 0.3 is 0 Å². The van der Waals surface area contributed by atoms with Crippen LogP contribution in [-0.4, -0.2) is 33.0 Å². The Morgan fingerprint density at radius 3 is 2.50 bits per heavy atom. The van der Waals surface area contributed by atoms with Crippen molar-refractivity contribution >= 4 is 52.5 Å². The number of rotatable bonds is 11. The Morgan fingerprint density at radius 1 is 0.917 bits per heavy atom. The van der Waals surface area contributed by atoms with Gasteiger partial charge in [-0.1, -0.05) is 89.0 Å². The van der Waals surface area contributed by atoms with Gasteiger partial charge in [-0.05, 0) is 54.3 Å². The van der Waals surface area contributed by atoms with E-state index in [2.05, 4.69) is 27.6 Å².